The van der Waals surface area contributed by atoms with Crippen LogP contribution in [0.25, 0.3) is 0 Å². The SMILES string of the molecule is Cc1nn(C)c(C)c1CCNC(=O)[C@@H]1CC(=O)N[C@H](C(C)C)C(=O)N(C)CCOc2ccccc2C(=O)N1. The van der Waals surface area contributed by atoms with Crippen molar-refractivity contribution in [2.24, 2.45) is 13.0 Å². The molecule has 0 unspecified atom stereocenters. The van der Waals surface area contributed by atoms with E-state index in [9.17, 15) is 19.2 Å². The van der Waals surface area contributed by atoms with Crippen molar-refractivity contribution in [1.82, 2.24) is 30.6 Å². The predicted octanol–water partition coefficient (Wildman–Crippen LogP) is 0.876. The van der Waals surface area contributed by atoms with Gasteiger partial charge in [-0.3, -0.25) is 23.9 Å². The zero-order valence-electron chi connectivity index (χ0n) is 23.0. The molecule has 11 heteroatoms. The van der Waals surface area contributed by atoms with Crippen LogP contribution in [0.3, 0.4) is 0 Å². The standard InChI is InChI=1S/C27H38N6O5/c1-16(2)24-27(37)32(5)13-14-38-22-10-8-7-9-20(22)25(35)29-21(15-23(34)30-24)26(36)28-12-11-19-17(3)31-33(6)18(19)4/h7-10,16,21,24H,11-15H2,1-6H3,(H,28,36)(H,29,35)(H,30,34)/t21-,24+/m0/s1. The Hall–Kier alpha value is -3.89. The molecule has 1 aliphatic heterocycles. The van der Waals surface area contributed by atoms with Crippen molar-refractivity contribution in [2.75, 3.05) is 26.7 Å². The van der Waals surface area contributed by atoms with Crippen molar-refractivity contribution < 1.29 is 23.9 Å². The lowest BCUT2D eigenvalue weighted by Crippen LogP contribution is -2.54. The van der Waals surface area contributed by atoms with Gasteiger partial charge in [-0.25, -0.2) is 0 Å². The summed E-state index contributed by atoms with van der Waals surface area (Å²) in [5.41, 5.74) is 3.16. The zero-order chi connectivity index (χ0) is 28.0. The van der Waals surface area contributed by atoms with Gasteiger partial charge in [-0.1, -0.05) is 26.0 Å². The van der Waals surface area contributed by atoms with Gasteiger partial charge in [0.2, 0.25) is 17.7 Å². The van der Waals surface area contributed by atoms with Crippen LogP contribution in [0.1, 0.15) is 47.6 Å². The van der Waals surface area contributed by atoms with E-state index in [1.807, 2.05) is 34.7 Å². The van der Waals surface area contributed by atoms with Gasteiger partial charge in [0.1, 0.15) is 24.4 Å². The second kappa shape index (κ2) is 12.6. The topological polar surface area (TPSA) is 135 Å². The molecule has 1 aliphatic rings. The smallest absolute Gasteiger partial charge is 0.255 e. The third-order valence-corrected chi connectivity index (χ3v) is 6.79. The summed E-state index contributed by atoms with van der Waals surface area (Å²) >= 11 is 0. The number of hydrogen-bond acceptors (Lipinski definition) is 6. The van der Waals surface area contributed by atoms with E-state index in [-0.39, 0.29) is 37.0 Å². The third-order valence-electron chi connectivity index (χ3n) is 6.79. The van der Waals surface area contributed by atoms with Gasteiger partial charge >= 0.3 is 0 Å². The van der Waals surface area contributed by atoms with Crippen LogP contribution in [0.2, 0.25) is 0 Å². The highest BCUT2D eigenvalue weighted by atomic mass is 16.5. The monoisotopic (exact) mass is 526 g/mol. The molecule has 1 aromatic heterocycles. The highest BCUT2D eigenvalue weighted by Crippen LogP contribution is 2.19. The number of aromatic nitrogens is 2. The lowest BCUT2D eigenvalue weighted by atomic mass is 10.0. The molecule has 2 heterocycles. The van der Waals surface area contributed by atoms with Crippen LogP contribution in [0.5, 0.6) is 5.75 Å². The lowest BCUT2D eigenvalue weighted by molar-refractivity contribution is -0.137. The molecule has 4 amide bonds. The Morgan fingerprint density at radius 1 is 1.16 bits per heavy atom. The van der Waals surface area contributed by atoms with Crippen LogP contribution in [-0.4, -0.2) is 77.1 Å². The largest absolute Gasteiger partial charge is 0.491 e. The first-order valence-electron chi connectivity index (χ1n) is 12.8. The van der Waals surface area contributed by atoms with E-state index in [0.717, 1.165) is 17.0 Å². The van der Waals surface area contributed by atoms with E-state index < -0.39 is 29.8 Å². The molecule has 0 aliphatic carbocycles. The fourth-order valence-corrected chi connectivity index (χ4v) is 4.41. The molecule has 2 aromatic rings. The van der Waals surface area contributed by atoms with Crippen molar-refractivity contribution >= 4 is 23.6 Å². The zero-order valence-corrected chi connectivity index (χ0v) is 23.0. The highest BCUT2D eigenvalue weighted by molar-refractivity contribution is 6.01. The second-order valence-electron chi connectivity index (χ2n) is 9.94. The van der Waals surface area contributed by atoms with Gasteiger partial charge in [0, 0.05) is 26.3 Å². The van der Waals surface area contributed by atoms with Gasteiger partial charge in [-0.15, -0.1) is 0 Å². The molecule has 0 bridgehead atoms. The number of hydrogen-bond donors (Lipinski definition) is 3. The fourth-order valence-electron chi connectivity index (χ4n) is 4.41. The van der Waals surface area contributed by atoms with E-state index in [2.05, 4.69) is 21.0 Å². The van der Waals surface area contributed by atoms with E-state index >= 15 is 0 Å². The number of amides is 4. The molecule has 2 atom stereocenters. The molecule has 0 spiro atoms. The number of ether oxygens (including phenoxy) is 1. The Morgan fingerprint density at radius 2 is 1.87 bits per heavy atom. The molecule has 3 rings (SSSR count). The number of likely N-dealkylation sites (N-methyl/N-ethyl adjacent to an activating group) is 1. The summed E-state index contributed by atoms with van der Waals surface area (Å²) in [5, 5.41) is 12.7. The van der Waals surface area contributed by atoms with Crippen LogP contribution < -0.4 is 20.7 Å². The van der Waals surface area contributed by atoms with Gasteiger partial charge < -0.3 is 25.6 Å². The second-order valence-corrected chi connectivity index (χ2v) is 9.94. The Bertz CT molecular complexity index is 1190. The Kier molecular flexibility index (Phi) is 9.49. The average molecular weight is 527 g/mol. The average Bonchev–Trinajstić information content (AvgIpc) is 3.11. The number of nitrogens with zero attached hydrogens (tertiary/aromatic N) is 3. The molecular weight excluding hydrogens is 488 g/mol. The number of benzene rings is 1. The maximum Gasteiger partial charge on any atom is 0.255 e. The molecular formula is C27H38N6O5. The third kappa shape index (κ3) is 6.90. The molecule has 11 nitrogen and oxygen atoms in total. The highest BCUT2D eigenvalue weighted by Gasteiger charge is 2.31. The van der Waals surface area contributed by atoms with Crippen LogP contribution in [0.15, 0.2) is 24.3 Å². The van der Waals surface area contributed by atoms with E-state index in [0.29, 0.717) is 18.7 Å². The number of aryl methyl sites for hydroxylation is 2. The van der Waals surface area contributed by atoms with Crippen molar-refractivity contribution in [2.45, 2.75) is 52.6 Å². The minimum absolute atomic E-state index is 0.155. The molecule has 1 aromatic carbocycles. The van der Waals surface area contributed by atoms with Crippen LogP contribution in [0, 0.1) is 19.8 Å². The van der Waals surface area contributed by atoms with Crippen LogP contribution in [0.4, 0.5) is 0 Å². The van der Waals surface area contributed by atoms with Crippen LogP contribution >= 0.6 is 0 Å². The first-order valence-corrected chi connectivity index (χ1v) is 12.8. The molecule has 0 radical (unpaired) electrons. The Balaban J connectivity index is 1.83. The predicted molar refractivity (Wildman–Crippen MR) is 142 cm³/mol. The molecule has 38 heavy (non-hydrogen) atoms. The Labute approximate surface area is 223 Å². The molecule has 0 saturated heterocycles. The first-order chi connectivity index (χ1) is 18.0. The normalized spacial score (nSPS) is 19.2. The number of rotatable bonds is 5. The first kappa shape index (κ1) is 28.7. The maximum atomic E-state index is 13.2. The summed E-state index contributed by atoms with van der Waals surface area (Å²) in [7, 11) is 3.50. The minimum Gasteiger partial charge on any atom is -0.491 e. The molecule has 3 N–H and O–H groups in total. The fraction of sp³-hybridized carbons (Fsp3) is 0.519. The summed E-state index contributed by atoms with van der Waals surface area (Å²) in [6.07, 6.45) is 0.225. The molecule has 0 fully saturated rings. The summed E-state index contributed by atoms with van der Waals surface area (Å²) < 4.78 is 7.61. The van der Waals surface area contributed by atoms with Crippen molar-refractivity contribution in [3.63, 3.8) is 0 Å². The maximum absolute atomic E-state index is 13.2. The number of fused-ring (bicyclic) bond motifs is 1. The van der Waals surface area contributed by atoms with E-state index in [1.165, 1.54) is 4.90 Å². The van der Waals surface area contributed by atoms with Crippen molar-refractivity contribution in [3.8, 4) is 5.75 Å². The summed E-state index contributed by atoms with van der Waals surface area (Å²) in [6.45, 7) is 8.27. The Morgan fingerprint density at radius 3 is 2.53 bits per heavy atom. The molecule has 0 saturated carbocycles. The number of carbonyl (C=O) groups excluding carboxylic acids is 4. The van der Waals surface area contributed by atoms with E-state index in [4.69, 9.17) is 4.74 Å². The number of para-hydroxylation sites is 1. The number of carbonyl (C=O) groups is 4. The van der Waals surface area contributed by atoms with E-state index in [1.54, 1.807) is 36.0 Å². The van der Waals surface area contributed by atoms with Gasteiger partial charge in [-0.2, -0.15) is 5.10 Å². The quantitative estimate of drug-likeness (QED) is 0.529. The number of nitrogens with one attached hydrogen (secondary N) is 3. The van der Waals surface area contributed by atoms with Crippen molar-refractivity contribution in [3.05, 3.63) is 46.8 Å². The van der Waals surface area contributed by atoms with Gasteiger partial charge in [-0.05, 0) is 43.9 Å². The van der Waals surface area contributed by atoms with Crippen LogP contribution in [-0.2, 0) is 27.9 Å². The minimum atomic E-state index is -1.16. The van der Waals surface area contributed by atoms with Crippen molar-refractivity contribution in [1.29, 1.82) is 0 Å². The summed E-state index contributed by atoms with van der Waals surface area (Å²) in [6, 6.07) is 4.73. The lowest BCUT2D eigenvalue weighted by Gasteiger charge is -2.28. The summed E-state index contributed by atoms with van der Waals surface area (Å²) in [4.78, 5) is 54.0. The van der Waals surface area contributed by atoms with Gasteiger partial charge in [0.15, 0.2) is 0 Å². The van der Waals surface area contributed by atoms with Gasteiger partial charge in [0.05, 0.1) is 24.2 Å². The molecule has 206 valence electrons. The summed E-state index contributed by atoms with van der Waals surface area (Å²) in [5.74, 6) is -1.65. The van der Waals surface area contributed by atoms with Gasteiger partial charge in [0.25, 0.3) is 5.91 Å².